The Kier molecular flexibility index (Phi) is 5.04. The lowest BCUT2D eigenvalue weighted by atomic mass is 9.97. The molecule has 1 aliphatic heterocycles. The van der Waals surface area contributed by atoms with Crippen molar-refractivity contribution < 1.29 is 5.11 Å². The number of hydrogen-bond donors (Lipinski definition) is 2. The maximum Gasteiger partial charge on any atom is 0.223 e. The van der Waals surface area contributed by atoms with Crippen LogP contribution in [-0.4, -0.2) is 46.6 Å². The molecule has 0 unspecified atom stereocenters. The summed E-state index contributed by atoms with van der Waals surface area (Å²) in [5.74, 6) is 1.72. The highest BCUT2D eigenvalue weighted by molar-refractivity contribution is 5.60. The van der Waals surface area contributed by atoms with Gasteiger partial charge in [-0.25, -0.2) is 4.68 Å². The van der Waals surface area contributed by atoms with Crippen LogP contribution in [0.5, 0.6) is 5.75 Å². The summed E-state index contributed by atoms with van der Waals surface area (Å²) < 4.78 is 1.75. The van der Waals surface area contributed by atoms with Crippen molar-refractivity contribution in [2.45, 2.75) is 38.1 Å². The van der Waals surface area contributed by atoms with Crippen LogP contribution in [-0.2, 0) is 13.5 Å². The Hall–Kier alpha value is -2.08. The molecule has 24 heavy (non-hydrogen) atoms. The van der Waals surface area contributed by atoms with Gasteiger partial charge in [-0.3, -0.25) is 0 Å². The monoisotopic (exact) mass is 329 g/mol. The van der Waals surface area contributed by atoms with E-state index in [4.69, 9.17) is 0 Å². The van der Waals surface area contributed by atoms with Crippen LogP contribution in [0.4, 0.5) is 5.95 Å². The molecule has 2 aromatic rings. The van der Waals surface area contributed by atoms with Crippen molar-refractivity contribution in [3.63, 3.8) is 0 Å². The van der Waals surface area contributed by atoms with E-state index in [1.165, 1.54) is 19.3 Å². The van der Waals surface area contributed by atoms with Gasteiger partial charge >= 0.3 is 0 Å². The van der Waals surface area contributed by atoms with Gasteiger partial charge in [-0.1, -0.05) is 6.42 Å². The summed E-state index contributed by atoms with van der Waals surface area (Å²) in [5, 5.41) is 18.1. The standard InChI is InChI=1S/C18H27N5O/c1-22(2)18-20-17(21-23(18)3)14-10-13(11-16(24)12-14)7-8-15-6-4-5-9-19-15/h10-12,15,19,24H,4-9H2,1-3H3/t15-/m1/s1. The number of nitrogens with zero attached hydrogens (tertiary/aromatic N) is 4. The number of aryl methyl sites for hydroxylation is 2. The van der Waals surface area contributed by atoms with Gasteiger partial charge in [-0.2, -0.15) is 4.98 Å². The molecule has 0 amide bonds. The van der Waals surface area contributed by atoms with Crippen LogP contribution in [0.2, 0.25) is 0 Å². The van der Waals surface area contributed by atoms with Gasteiger partial charge in [-0.15, -0.1) is 5.10 Å². The molecule has 1 aliphatic rings. The second-order valence-electron chi connectivity index (χ2n) is 6.83. The summed E-state index contributed by atoms with van der Waals surface area (Å²) in [6.45, 7) is 1.13. The second-order valence-corrected chi connectivity index (χ2v) is 6.83. The third-order valence-corrected chi connectivity index (χ3v) is 4.57. The summed E-state index contributed by atoms with van der Waals surface area (Å²) in [7, 11) is 5.77. The SMILES string of the molecule is CN(C)c1nc(-c2cc(O)cc(CC[C@H]3CCCCN3)c2)nn1C. The molecule has 1 fully saturated rings. The van der Waals surface area contributed by atoms with Crippen molar-refractivity contribution in [2.75, 3.05) is 25.5 Å². The lowest BCUT2D eigenvalue weighted by molar-refractivity contribution is 0.382. The molecule has 6 heteroatoms. The minimum atomic E-state index is 0.276. The number of anilines is 1. The summed E-state index contributed by atoms with van der Waals surface area (Å²) in [5.41, 5.74) is 2.00. The van der Waals surface area contributed by atoms with Crippen molar-refractivity contribution in [2.24, 2.45) is 7.05 Å². The molecule has 6 nitrogen and oxygen atoms in total. The average molecular weight is 329 g/mol. The van der Waals surface area contributed by atoms with Crippen LogP contribution in [0, 0.1) is 0 Å². The van der Waals surface area contributed by atoms with Crippen molar-refractivity contribution in [1.82, 2.24) is 20.1 Å². The number of phenolic OH excluding ortho intramolecular Hbond substituents is 1. The molecular weight excluding hydrogens is 302 g/mol. The van der Waals surface area contributed by atoms with Crippen LogP contribution in [0.3, 0.4) is 0 Å². The fourth-order valence-corrected chi connectivity index (χ4v) is 3.35. The number of benzene rings is 1. The highest BCUT2D eigenvalue weighted by atomic mass is 16.3. The van der Waals surface area contributed by atoms with E-state index in [9.17, 15) is 5.11 Å². The first-order chi connectivity index (χ1) is 11.5. The molecule has 1 aromatic heterocycles. The van der Waals surface area contributed by atoms with Crippen LogP contribution in [0.25, 0.3) is 11.4 Å². The molecule has 0 radical (unpaired) electrons. The first kappa shape index (κ1) is 16.8. The van der Waals surface area contributed by atoms with E-state index in [1.807, 2.05) is 32.1 Å². The maximum atomic E-state index is 10.1. The minimum Gasteiger partial charge on any atom is -0.508 e. The van der Waals surface area contributed by atoms with Crippen molar-refractivity contribution in [3.05, 3.63) is 23.8 Å². The molecule has 1 atom stereocenters. The number of piperidine rings is 1. The molecule has 2 heterocycles. The van der Waals surface area contributed by atoms with E-state index in [-0.39, 0.29) is 5.75 Å². The summed E-state index contributed by atoms with van der Waals surface area (Å²) in [6.07, 6.45) is 5.90. The van der Waals surface area contributed by atoms with Crippen LogP contribution in [0.1, 0.15) is 31.2 Å². The van der Waals surface area contributed by atoms with Crippen molar-refractivity contribution >= 4 is 5.95 Å². The number of nitrogens with one attached hydrogen (secondary N) is 1. The van der Waals surface area contributed by atoms with E-state index in [0.29, 0.717) is 11.9 Å². The lowest BCUT2D eigenvalue weighted by Crippen LogP contribution is -2.34. The van der Waals surface area contributed by atoms with Crippen LogP contribution >= 0.6 is 0 Å². The zero-order valence-corrected chi connectivity index (χ0v) is 14.8. The fraction of sp³-hybridized carbons (Fsp3) is 0.556. The molecule has 3 rings (SSSR count). The summed E-state index contributed by atoms with van der Waals surface area (Å²) in [4.78, 5) is 6.49. The molecule has 0 saturated carbocycles. The second kappa shape index (κ2) is 7.21. The van der Waals surface area contributed by atoms with Gasteiger partial charge < -0.3 is 15.3 Å². The van der Waals surface area contributed by atoms with Gasteiger partial charge in [0.05, 0.1) is 0 Å². The smallest absolute Gasteiger partial charge is 0.223 e. The zero-order chi connectivity index (χ0) is 17.1. The predicted molar refractivity (Wildman–Crippen MR) is 96.4 cm³/mol. The minimum absolute atomic E-state index is 0.276. The first-order valence-corrected chi connectivity index (χ1v) is 8.68. The molecule has 0 bridgehead atoms. The highest BCUT2D eigenvalue weighted by Crippen LogP contribution is 2.26. The third-order valence-electron chi connectivity index (χ3n) is 4.57. The number of hydrogen-bond acceptors (Lipinski definition) is 5. The lowest BCUT2D eigenvalue weighted by Gasteiger charge is -2.23. The van der Waals surface area contributed by atoms with E-state index < -0.39 is 0 Å². The molecule has 1 aromatic carbocycles. The van der Waals surface area contributed by atoms with Crippen molar-refractivity contribution in [1.29, 1.82) is 0 Å². The highest BCUT2D eigenvalue weighted by Gasteiger charge is 2.15. The number of phenols is 1. The topological polar surface area (TPSA) is 66.2 Å². The van der Waals surface area contributed by atoms with Crippen LogP contribution < -0.4 is 10.2 Å². The quantitative estimate of drug-likeness (QED) is 0.881. The Bertz CT molecular complexity index is 689. The van der Waals surface area contributed by atoms with E-state index in [0.717, 1.165) is 36.5 Å². The number of aromatic nitrogens is 3. The summed E-state index contributed by atoms with van der Waals surface area (Å²) >= 11 is 0. The Morgan fingerprint density at radius 1 is 1.29 bits per heavy atom. The first-order valence-electron chi connectivity index (χ1n) is 8.68. The van der Waals surface area contributed by atoms with E-state index in [2.05, 4.69) is 21.5 Å². The maximum absolute atomic E-state index is 10.1. The van der Waals surface area contributed by atoms with Crippen molar-refractivity contribution in [3.8, 4) is 17.1 Å². The molecular formula is C18H27N5O. The third kappa shape index (κ3) is 3.87. The van der Waals surface area contributed by atoms with Gasteiger partial charge in [-0.05, 0) is 56.0 Å². The molecule has 1 saturated heterocycles. The van der Waals surface area contributed by atoms with Gasteiger partial charge in [0.15, 0.2) is 5.82 Å². The normalized spacial score (nSPS) is 17.9. The number of rotatable bonds is 5. The van der Waals surface area contributed by atoms with Gasteiger partial charge in [0.25, 0.3) is 0 Å². The molecule has 0 aliphatic carbocycles. The van der Waals surface area contributed by atoms with Gasteiger partial charge in [0, 0.05) is 32.7 Å². The Morgan fingerprint density at radius 2 is 2.12 bits per heavy atom. The fourth-order valence-electron chi connectivity index (χ4n) is 3.35. The zero-order valence-electron chi connectivity index (χ0n) is 14.8. The van der Waals surface area contributed by atoms with E-state index >= 15 is 0 Å². The Labute approximate surface area is 143 Å². The van der Waals surface area contributed by atoms with Gasteiger partial charge in [0.1, 0.15) is 5.75 Å². The number of aromatic hydroxyl groups is 1. The predicted octanol–water partition coefficient (Wildman–Crippen LogP) is 2.33. The Morgan fingerprint density at radius 3 is 2.79 bits per heavy atom. The van der Waals surface area contributed by atoms with E-state index in [1.54, 1.807) is 10.7 Å². The van der Waals surface area contributed by atoms with Gasteiger partial charge in [0.2, 0.25) is 5.95 Å². The average Bonchev–Trinajstić information content (AvgIpc) is 2.96. The Balaban J connectivity index is 1.77. The molecule has 2 N–H and O–H groups in total. The largest absolute Gasteiger partial charge is 0.508 e. The summed E-state index contributed by atoms with van der Waals surface area (Å²) in [6, 6.07) is 6.27. The van der Waals surface area contributed by atoms with Crippen LogP contribution in [0.15, 0.2) is 18.2 Å². The molecule has 130 valence electrons. The molecule has 0 spiro atoms.